The molecule has 7 nitrogen and oxygen atoms in total. The predicted molar refractivity (Wildman–Crippen MR) is 100.0 cm³/mol. The van der Waals surface area contributed by atoms with Crippen molar-refractivity contribution >= 4 is 11.8 Å². The van der Waals surface area contributed by atoms with Crippen LogP contribution < -0.4 is 5.32 Å². The lowest BCUT2D eigenvalue weighted by Gasteiger charge is -2.09. The summed E-state index contributed by atoms with van der Waals surface area (Å²) >= 11 is 0. The zero-order chi connectivity index (χ0) is 19.2. The van der Waals surface area contributed by atoms with Crippen molar-refractivity contribution in [3.05, 3.63) is 65.5 Å². The summed E-state index contributed by atoms with van der Waals surface area (Å²) in [6, 6.07) is 12.1. The van der Waals surface area contributed by atoms with Gasteiger partial charge in [-0.25, -0.2) is 0 Å². The van der Waals surface area contributed by atoms with Gasteiger partial charge < -0.3 is 14.6 Å². The molecule has 0 fully saturated rings. The molecule has 0 saturated heterocycles. The third-order valence-corrected chi connectivity index (χ3v) is 3.71. The molecule has 2 heterocycles. The van der Waals surface area contributed by atoms with Crippen LogP contribution in [0.2, 0.25) is 0 Å². The number of rotatable bonds is 4. The van der Waals surface area contributed by atoms with E-state index in [1.165, 1.54) is 4.90 Å². The van der Waals surface area contributed by atoms with Gasteiger partial charge in [0.15, 0.2) is 11.5 Å². The number of hydrogen-bond acceptors (Lipinski definition) is 4. The third-order valence-electron chi connectivity index (χ3n) is 3.71. The van der Waals surface area contributed by atoms with Crippen LogP contribution in [0.4, 0.5) is 0 Å². The number of H-pyrrole nitrogens is 1. The lowest BCUT2D eigenvalue weighted by molar-refractivity contribution is 0.0827. The van der Waals surface area contributed by atoms with Crippen molar-refractivity contribution in [3.8, 4) is 23.3 Å². The highest BCUT2D eigenvalue weighted by Crippen LogP contribution is 2.17. The number of benzene rings is 1. The fraction of sp³-hybridized carbons (Fsp3) is 0.150. The summed E-state index contributed by atoms with van der Waals surface area (Å²) in [6.45, 7) is 0.181. The van der Waals surface area contributed by atoms with Crippen molar-refractivity contribution in [1.29, 1.82) is 0 Å². The maximum Gasteiger partial charge on any atom is 0.272 e. The molecule has 2 N–H and O–H groups in total. The standard InChI is InChI=1S/C20H18N4O3/c1-24(2)20(26)15-9-7-14(8-10-15)5-3-11-21-19(25)17-13-16(22-23-17)18-6-4-12-27-18/h4,6-10,12-13H,11H2,1-2H3,(H,21,25)(H,22,23). The normalized spacial score (nSPS) is 10.0. The molecule has 0 atom stereocenters. The molecular formula is C20H18N4O3. The van der Waals surface area contributed by atoms with E-state index in [4.69, 9.17) is 4.42 Å². The van der Waals surface area contributed by atoms with Crippen molar-refractivity contribution in [1.82, 2.24) is 20.4 Å². The number of carbonyl (C=O) groups excluding carboxylic acids is 2. The Hall–Kier alpha value is -3.79. The Kier molecular flexibility index (Phi) is 5.38. The van der Waals surface area contributed by atoms with E-state index in [0.717, 1.165) is 5.56 Å². The zero-order valence-electron chi connectivity index (χ0n) is 14.9. The van der Waals surface area contributed by atoms with Gasteiger partial charge in [-0.05, 0) is 36.4 Å². The molecule has 0 spiro atoms. The Morgan fingerprint density at radius 3 is 2.67 bits per heavy atom. The van der Waals surface area contributed by atoms with Crippen LogP contribution in [-0.2, 0) is 0 Å². The SMILES string of the molecule is CN(C)C(=O)c1ccc(C#CCNC(=O)c2cc(-c3ccco3)[nH]n2)cc1. The lowest BCUT2D eigenvalue weighted by atomic mass is 10.1. The van der Waals surface area contributed by atoms with E-state index in [1.54, 1.807) is 62.8 Å². The summed E-state index contributed by atoms with van der Waals surface area (Å²) in [4.78, 5) is 25.4. The molecule has 7 heteroatoms. The zero-order valence-corrected chi connectivity index (χ0v) is 14.9. The van der Waals surface area contributed by atoms with Gasteiger partial charge >= 0.3 is 0 Å². The Labute approximate surface area is 156 Å². The number of aromatic nitrogens is 2. The van der Waals surface area contributed by atoms with E-state index in [-0.39, 0.29) is 24.1 Å². The van der Waals surface area contributed by atoms with E-state index >= 15 is 0 Å². The second kappa shape index (κ2) is 8.06. The van der Waals surface area contributed by atoms with E-state index in [9.17, 15) is 9.59 Å². The molecule has 27 heavy (non-hydrogen) atoms. The van der Waals surface area contributed by atoms with Gasteiger partial charge in [0.1, 0.15) is 5.69 Å². The third kappa shape index (κ3) is 4.44. The van der Waals surface area contributed by atoms with Crippen molar-refractivity contribution < 1.29 is 14.0 Å². The van der Waals surface area contributed by atoms with Gasteiger partial charge in [0.2, 0.25) is 0 Å². The van der Waals surface area contributed by atoms with Crippen LogP contribution in [0.5, 0.6) is 0 Å². The molecule has 2 amide bonds. The van der Waals surface area contributed by atoms with Gasteiger partial charge in [-0.15, -0.1) is 0 Å². The van der Waals surface area contributed by atoms with E-state index < -0.39 is 0 Å². The van der Waals surface area contributed by atoms with Crippen LogP contribution in [0.25, 0.3) is 11.5 Å². The number of aromatic amines is 1. The Morgan fingerprint density at radius 2 is 2.00 bits per heavy atom. The molecule has 0 bridgehead atoms. The summed E-state index contributed by atoms with van der Waals surface area (Å²) < 4.78 is 5.25. The first kappa shape index (κ1) is 18.0. The first-order valence-electron chi connectivity index (χ1n) is 8.22. The summed E-state index contributed by atoms with van der Waals surface area (Å²) in [7, 11) is 3.41. The van der Waals surface area contributed by atoms with Crippen LogP contribution in [0.1, 0.15) is 26.4 Å². The molecule has 0 aliphatic heterocycles. The minimum absolute atomic E-state index is 0.0605. The minimum atomic E-state index is -0.328. The number of nitrogens with one attached hydrogen (secondary N) is 2. The maximum atomic E-state index is 12.1. The molecule has 0 radical (unpaired) electrons. The van der Waals surface area contributed by atoms with Crippen LogP contribution in [0.15, 0.2) is 53.1 Å². The summed E-state index contributed by atoms with van der Waals surface area (Å²) in [5.41, 5.74) is 2.25. The molecule has 3 aromatic rings. The highest BCUT2D eigenvalue weighted by Gasteiger charge is 2.11. The van der Waals surface area contributed by atoms with Crippen molar-refractivity contribution in [2.45, 2.75) is 0 Å². The second-order valence-corrected chi connectivity index (χ2v) is 5.91. The van der Waals surface area contributed by atoms with Crippen LogP contribution >= 0.6 is 0 Å². The Bertz CT molecular complexity index is 990. The fourth-order valence-corrected chi connectivity index (χ4v) is 2.31. The number of carbonyl (C=O) groups is 2. The highest BCUT2D eigenvalue weighted by molar-refractivity contribution is 5.94. The van der Waals surface area contributed by atoms with Gasteiger partial charge in [-0.2, -0.15) is 5.10 Å². The largest absolute Gasteiger partial charge is 0.463 e. The summed E-state index contributed by atoms with van der Waals surface area (Å²) in [5, 5.41) is 9.41. The molecule has 2 aromatic heterocycles. The Morgan fingerprint density at radius 1 is 1.22 bits per heavy atom. The molecular weight excluding hydrogens is 344 g/mol. The van der Waals surface area contributed by atoms with Crippen molar-refractivity contribution in [3.63, 3.8) is 0 Å². The Balaban J connectivity index is 1.54. The molecule has 0 aliphatic rings. The van der Waals surface area contributed by atoms with E-state index in [2.05, 4.69) is 27.4 Å². The molecule has 136 valence electrons. The van der Waals surface area contributed by atoms with Gasteiger partial charge in [-0.1, -0.05) is 11.8 Å². The molecule has 1 aromatic carbocycles. The average molecular weight is 362 g/mol. The fourth-order valence-electron chi connectivity index (χ4n) is 2.31. The number of hydrogen-bond donors (Lipinski definition) is 2. The van der Waals surface area contributed by atoms with Crippen LogP contribution in [0.3, 0.4) is 0 Å². The van der Waals surface area contributed by atoms with Crippen molar-refractivity contribution in [2.75, 3.05) is 20.6 Å². The first-order valence-corrected chi connectivity index (χ1v) is 8.22. The quantitative estimate of drug-likeness (QED) is 0.696. The summed E-state index contributed by atoms with van der Waals surface area (Å²) in [5.74, 6) is 6.04. The first-order chi connectivity index (χ1) is 13.0. The predicted octanol–water partition coefficient (Wildman–Crippen LogP) is 2.15. The number of furan rings is 1. The van der Waals surface area contributed by atoms with E-state index in [1.807, 2.05) is 0 Å². The smallest absolute Gasteiger partial charge is 0.272 e. The van der Waals surface area contributed by atoms with Gasteiger partial charge in [0.25, 0.3) is 11.8 Å². The average Bonchev–Trinajstić information content (AvgIpc) is 3.36. The van der Waals surface area contributed by atoms with Crippen molar-refractivity contribution in [2.24, 2.45) is 0 Å². The second-order valence-electron chi connectivity index (χ2n) is 5.91. The summed E-state index contributed by atoms with van der Waals surface area (Å²) in [6.07, 6.45) is 1.55. The molecule has 3 rings (SSSR count). The monoisotopic (exact) mass is 362 g/mol. The minimum Gasteiger partial charge on any atom is -0.463 e. The van der Waals surface area contributed by atoms with Gasteiger partial charge in [-0.3, -0.25) is 14.7 Å². The van der Waals surface area contributed by atoms with Crippen LogP contribution in [-0.4, -0.2) is 47.6 Å². The highest BCUT2D eigenvalue weighted by atomic mass is 16.3. The van der Waals surface area contributed by atoms with Gasteiger partial charge in [0, 0.05) is 31.3 Å². The number of amides is 2. The molecule has 0 unspecified atom stereocenters. The number of nitrogens with zero attached hydrogens (tertiary/aromatic N) is 2. The van der Waals surface area contributed by atoms with Gasteiger partial charge in [0.05, 0.1) is 12.8 Å². The van der Waals surface area contributed by atoms with E-state index in [0.29, 0.717) is 17.0 Å². The maximum absolute atomic E-state index is 12.1. The van der Waals surface area contributed by atoms with Crippen LogP contribution in [0, 0.1) is 11.8 Å². The lowest BCUT2D eigenvalue weighted by Crippen LogP contribution is -2.23. The molecule has 0 aliphatic carbocycles. The topological polar surface area (TPSA) is 91.2 Å². The molecule has 0 saturated carbocycles.